The number of nitrogens with zero attached hydrogens (tertiary/aromatic N) is 3. The molecule has 0 unspecified atom stereocenters. The van der Waals surface area contributed by atoms with Crippen LogP contribution in [-0.4, -0.2) is 26.4 Å². The second-order valence-electron chi connectivity index (χ2n) is 7.87. The smallest absolute Gasteiger partial charge is 0.234 e. The third kappa shape index (κ3) is 4.62. The minimum atomic E-state index is -0.0539. The first-order valence-corrected chi connectivity index (χ1v) is 10.2. The molecule has 0 aliphatic rings. The van der Waals surface area contributed by atoms with Crippen LogP contribution < -0.4 is 5.32 Å². The summed E-state index contributed by atoms with van der Waals surface area (Å²) in [5, 5.41) is 12.3. The van der Waals surface area contributed by atoms with Gasteiger partial charge in [0.05, 0.1) is 5.75 Å². The van der Waals surface area contributed by atoms with E-state index in [4.69, 9.17) is 0 Å². The SMILES string of the molecule is Cc1cccc(-c2nnc(SCC(=O)Nc3ccccc3C(C)(C)C)n2C)c1. The number of thioether (sulfide) groups is 1. The molecule has 1 amide bonds. The number of aryl methyl sites for hydroxylation is 1. The van der Waals surface area contributed by atoms with Crippen molar-refractivity contribution in [3.8, 4) is 11.4 Å². The van der Waals surface area contributed by atoms with Crippen molar-refractivity contribution in [3.63, 3.8) is 0 Å². The molecule has 146 valence electrons. The number of rotatable bonds is 5. The van der Waals surface area contributed by atoms with Crippen LogP contribution in [0.25, 0.3) is 11.4 Å². The molecule has 0 saturated heterocycles. The van der Waals surface area contributed by atoms with Gasteiger partial charge in [-0.05, 0) is 30.0 Å². The molecule has 0 aliphatic carbocycles. The molecule has 0 saturated carbocycles. The Labute approximate surface area is 170 Å². The van der Waals surface area contributed by atoms with E-state index < -0.39 is 0 Å². The Hall–Kier alpha value is -2.60. The highest BCUT2D eigenvalue weighted by molar-refractivity contribution is 7.99. The lowest BCUT2D eigenvalue weighted by Crippen LogP contribution is -2.20. The summed E-state index contributed by atoms with van der Waals surface area (Å²) >= 11 is 1.38. The van der Waals surface area contributed by atoms with Gasteiger partial charge in [0.25, 0.3) is 0 Å². The van der Waals surface area contributed by atoms with E-state index in [2.05, 4.69) is 61.4 Å². The van der Waals surface area contributed by atoms with E-state index in [1.165, 1.54) is 17.3 Å². The lowest BCUT2D eigenvalue weighted by Gasteiger charge is -2.22. The highest BCUT2D eigenvalue weighted by Crippen LogP contribution is 2.29. The highest BCUT2D eigenvalue weighted by atomic mass is 32.2. The van der Waals surface area contributed by atoms with Gasteiger partial charge in [0.2, 0.25) is 5.91 Å². The Bertz CT molecular complexity index is 988. The summed E-state index contributed by atoms with van der Waals surface area (Å²) in [6.07, 6.45) is 0. The van der Waals surface area contributed by atoms with Gasteiger partial charge in [0.15, 0.2) is 11.0 Å². The second kappa shape index (κ2) is 8.19. The van der Waals surface area contributed by atoms with Crippen LogP contribution in [0.4, 0.5) is 5.69 Å². The predicted molar refractivity (Wildman–Crippen MR) is 116 cm³/mol. The lowest BCUT2D eigenvalue weighted by atomic mass is 9.86. The van der Waals surface area contributed by atoms with Crippen LogP contribution in [0.3, 0.4) is 0 Å². The third-order valence-electron chi connectivity index (χ3n) is 4.45. The Morgan fingerprint density at radius 3 is 2.57 bits per heavy atom. The Balaban J connectivity index is 1.68. The molecule has 0 bridgehead atoms. The van der Waals surface area contributed by atoms with Crippen molar-refractivity contribution < 1.29 is 4.79 Å². The molecule has 0 spiro atoms. The molecule has 0 fully saturated rings. The predicted octanol–water partition coefficient (Wildman–Crippen LogP) is 4.82. The zero-order valence-corrected chi connectivity index (χ0v) is 17.8. The van der Waals surface area contributed by atoms with E-state index in [0.29, 0.717) is 0 Å². The van der Waals surface area contributed by atoms with Crippen molar-refractivity contribution in [1.82, 2.24) is 14.8 Å². The van der Waals surface area contributed by atoms with Gasteiger partial charge in [0.1, 0.15) is 0 Å². The minimum absolute atomic E-state index is 0.0384. The molecule has 0 radical (unpaired) electrons. The Kier molecular flexibility index (Phi) is 5.89. The highest BCUT2D eigenvalue weighted by Gasteiger charge is 2.19. The first kappa shape index (κ1) is 20.1. The zero-order chi connectivity index (χ0) is 20.3. The fourth-order valence-corrected chi connectivity index (χ4v) is 3.75. The number of carbonyl (C=O) groups excluding carboxylic acids is 1. The summed E-state index contributed by atoms with van der Waals surface area (Å²) in [6.45, 7) is 8.46. The van der Waals surface area contributed by atoms with Crippen molar-refractivity contribution in [1.29, 1.82) is 0 Å². The summed E-state index contributed by atoms with van der Waals surface area (Å²) in [5.74, 6) is 1.02. The van der Waals surface area contributed by atoms with Crippen molar-refractivity contribution in [2.24, 2.45) is 7.05 Å². The average Bonchev–Trinajstić information content (AvgIpc) is 3.00. The van der Waals surface area contributed by atoms with Crippen LogP contribution in [0.15, 0.2) is 53.7 Å². The molecule has 1 N–H and O–H groups in total. The maximum atomic E-state index is 12.5. The molecule has 3 aromatic rings. The number of nitrogens with one attached hydrogen (secondary N) is 1. The fourth-order valence-electron chi connectivity index (χ4n) is 3.04. The first-order valence-electron chi connectivity index (χ1n) is 9.24. The van der Waals surface area contributed by atoms with Crippen LogP contribution in [-0.2, 0) is 17.3 Å². The van der Waals surface area contributed by atoms with Crippen molar-refractivity contribution in [3.05, 3.63) is 59.7 Å². The second-order valence-corrected chi connectivity index (χ2v) is 8.81. The number of amides is 1. The van der Waals surface area contributed by atoms with E-state index in [1.807, 2.05) is 41.9 Å². The molecule has 3 rings (SSSR count). The van der Waals surface area contributed by atoms with Crippen molar-refractivity contribution in [2.75, 3.05) is 11.1 Å². The van der Waals surface area contributed by atoms with Gasteiger partial charge in [-0.1, -0.05) is 74.5 Å². The third-order valence-corrected chi connectivity index (χ3v) is 5.47. The largest absolute Gasteiger partial charge is 0.325 e. The summed E-state index contributed by atoms with van der Waals surface area (Å²) in [5.41, 5.74) is 4.13. The normalized spacial score (nSPS) is 11.5. The van der Waals surface area contributed by atoms with Crippen molar-refractivity contribution >= 4 is 23.4 Å². The van der Waals surface area contributed by atoms with Crippen LogP contribution in [0.1, 0.15) is 31.9 Å². The van der Waals surface area contributed by atoms with Crippen LogP contribution in [0.5, 0.6) is 0 Å². The summed E-state index contributed by atoms with van der Waals surface area (Å²) in [4.78, 5) is 12.5. The summed E-state index contributed by atoms with van der Waals surface area (Å²) in [6, 6.07) is 16.1. The monoisotopic (exact) mass is 394 g/mol. The lowest BCUT2D eigenvalue weighted by molar-refractivity contribution is -0.113. The Morgan fingerprint density at radius 2 is 1.86 bits per heavy atom. The summed E-state index contributed by atoms with van der Waals surface area (Å²) in [7, 11) is 1.92. The minimum Gasteiger partial charge on any atom is -0.325 e. The number of hydrogen-bond acceptors (Lipinski definition) is 4. The van der Waals surface area contributed by atoms with E-state index >= 15 is 0 Å². The molecule has 1 aromatic heterocycles. The molecule has 5 nitrogen and oxygen atoms in total. The van der Waals surface area contributed by atoms with Crippen molar-refractivity contribution in [2.45, 2.75) is 38.3 Å². The maximum Gasteiger partial charge on any atom is 0.234 e. The number of benzene rings is 2. The van der Waals surface area contributed by atoms with Gasteiger partial charge >= 0.3 is 0 Å². The van der Waals surface area contributed by atoms with Gasteiger partial charge in [-0.15, -0.1) is 10.2 Å². The quantitative estimate of drug-likeness (QED) is 0.630. The molecule has 0 atom stereocenters. The number of carbonyl (C=O) groups is 1. The van der Waals surface area contributed by atoms with Gasteiger partial charge in [0, 0.05) is 18.3 Å². The first-order chi connectivity index (χ1) is 13.3. The Morgan fingerprint density at radius 1 is 1.11 bits per heavy atom. The van der Waals surface area contributed by atoms with Gasteiger partial charge in [-0.25, -0.2) is 0 Å². The molecular formula is C22H26N4OS. The van der Waals surface area contributed by atoms with Gasteiger partial charge in [-0.2, -0.15) is 0 Å². The molecule has 2 aromatic carbocycles. The number of hydrogen-bond donors (Lipinski definition) is 1. The molecule has 1 heterocycles. The number of aromatic nitrogens is 3. The number of anilines is 1. The fraction of sp³-hybridized carbons (Fsp3) is 0.318. The van der Waals surface area contributed by atoms with E-state index in [1.54, 1.807) is 0 Å². The van der Waals surface area contributed by atoms with E-state index in [-0.39, 0.29) is 17.1 Å². The average molecular weight is 395 g/mol. The van der Waals surface area contributed by atoms with E-state index in [0.717, 1.165) is 27.8 Å². The topological polar surface area (TPSA) is 59.8 Å². The van der Waals surface area contributed by atoms with Gasteiger partial charge in [-0.3, -0.25) is 4.79 Å². The van der Waals surface area contributed by atoms with Crippen LogP contribution >= 0.6 is 11.8 Å². The standard InChI is InChI=1S/C22H26N4OS/c1-15-9-8-10-16(13-15)20-24-25-21(26(20)5)28-14-19(27)23-18-12-7-6-11-17(18)22(2,3)4/h6-13H,14H2,1-5H3,(H,23,27). The molecular weight excluding hydrogens is 368 g/mol. The van der Waals surface area contributed by atoms with Crippen LogP contribution in [0.2, 0.25) is 0 Å². The maximum absolute atomic E-state index is 12.5. The van der Waals surface area contributed by atoms with Gasteiger partial charge < -0.3 is 9.88 Å². The molecule has 0 aliphatic heterocycles. The summed E-state index contributed by atoms with van der Waals surface area (Å²) < 4.78 is 1.93. The zero-order valence-electron chi connectivity index (χ0n) is 17.0. The van der Waals surface area contributed by atoms with E-state index in [9.17, 15) is 4.79 Å². The van der Waals surface area contributed by atoms with Crippen LogP contribution in [0, 0.1) is 6.92 Å². The number of para-hydroxylation sites is 1. The molecule has 28 heavy (non-hydrogen) atoms. The molecule has 6 heteroatoms.